The average Bonchev–Trinajstić information content (AvgIpc) is 2.84. The number of ether oxygens (including phenoxy) is 1. The first-order chi connectivity index (χ1) is 15.7. The first-order valence-corrected chi connectivity index (χ1v) is 11.5. The molecule has 0 fully saturated rings. The summed E-state index contributed by atoms with van der Waals surface area (Å²) in [6, 6.07) is 19.5. The van der Waals surface area contributed by atoms with E-state index in [9.17, 15) is 5.11 Å². The van der Waals surface area contributed by atoms with E-state index < -0.39 is 0 Å². The summed E-state index contributed by atoms with van der Waals surface area (Å²) in [5, 5.41) is 11.7. The Morgan fingerprint density at radius 3 is 2.12 bits per heavy atom. The molecule has 0 aliphatic rings. The van der Waals surface area contributed by atoms with Crippen molar-refractivity contribution >= 4 is 10.8 Å². The number of unbranched alkanes of at least 4 members (excludes halogenated alkanes) is 5. The molecule has 1 heterocycles. The highest BCUT2D eigenvalue weighted by Crippen LogP contribution is 2.26. The van der Waals surface area contributed by atoms with Gasteiger partial charge in [0, 0.05) is 23.5 Å². The molecule has 0 amide bonds. The molecule has 0 unspecified atom stereocenters. The molecular weight excluding hydrogens is 396 g/mol. The van der Waals surface area contributed by atoms with Gasteiger partial charge in [-0.1, -0.05) is 69.4 Å². The van der Waals surface area contributed by atoms with Crippen LogP contribution in [0.1, 0.15) is 45.4 Å². The molecule has 4 rings (SSSR count). The number of hydrogen-bond donors (Lipinski definition) is 1. The SMILES string of the molecule is CCCCCCCCOc1ccc(-c2cnc(-c3ccc4cc(O)ccc4c3)nc2)cc1. The molecule has 0 atom stereocenters. The van der Waals surface area contributed by atoms with Crippen molar-refractivity contribution < 1.29 is 9.84 Å². The number of aromatic nitrogens is 2. The van der Waals surface area contributed by atoms with Crippen LogP contribution in [0, 0.1) is 0 Å². The normalized spacial score (nSPS) is 11.0. The van der Waals surface area contributed by atoms with Crippen LogP contribution in [-0.4, -0.2) is 21.7 Å². The molecule has 1 N–H and O–H groups in total. The number of hydrogen-bond acceptors (Lipinski definition) is 4. The quantitative estimate of drug-likeness (QED) is 0.268. The largest absolute Gasteiger partial charge is 0.508 e. The Labute approximate surface area is 189 Å². The molecule has 1 aromatic heterocycles. The summed E-state index contributed by atoms with van der Waals surface area (Å²) in [4.78, 5) is 9.14. The maximum atomic E-state index is 9.63. The van der Waals surface area contributed by atoms with Crippen LogP contribution in [0.4, 0.5) is 0 Å². The number of nitrogens with zero attached hydrogens (tertiary/aromatic N) is 2. The molecule has 0 aliphatic carbocycles. The summed E-state index contributed by atoms with van der Waals surface area (Å²) in [6.07, 6.45) is 11.3. The zero-order valence-electron chi connectivity index (χ0n) is 18.6. The molecule has 0 spiro atoms. The third kappa shape index (κ3) is 5.64. The third-order valence-electron chi connectivity index (χ3n) is 5.69. The molecule has 4 heteroatoms. The molecular formula is C28H30N2O2. The van der Waals surface area contributed by atoms with Crippen LogP contribution in [-0.2, 0) is 0 Å². The van der Waals surface area contributed by atoms with Crippen molar-refractivity contribution in [1.82, 2.24) is 9.97 Å². The highest BCUT2D eigenvalue weighted by Gasteiger charge is 2.06. The molecule has 4 nitrogen and oxygen atoms in total. The lowest BCUT2D eigenvalue weighted by Gasteiger charge is -2.08. The molecule has 0 saturated heterocycles. The van der Waals surface area contributed by atoms with Crippen molar-refractivity contribution in [1.29, 1.82) is 0 Å². The van der Waals surface area contributed by atoms with Crippen molar-refractivity contribution in [3.05, 3.63) is 73.1 Å². The van der Waals surface area contributed by atoms with Crippen LogP contribution < -0.4 is 4.74 Å². The van der Waals surface area contributed by atoms with E-state index in [2.05, 4.69) is 29.0 Å². The van der Waals surface area contributed by atoms with Gasteiger partial charge in [0.05, 0.1) is 6.61 Å². The van der Waals surface area contributed by atoms with Gasteiger partial charge < -0.3 is 9.84 Å². The fourth-order valence-electron chi connectivity index (χ4n) is 3.81. The predicted molar refractivity (Wildman–Crippen MR) is 131 cm³/mol. The lowest BCUT2D eigenvalue weighted by molar-refractivity contribution is 0.304. The predicted octanol–water partition coefficient (Wildman–Crippen LogP) is 7.41. The third-order valence-corrected chi connectivity index (χ3v) is 5.69. The number of phenolic OH excluding ortho intramolecular Hbond substituents is 1. The standard InChI is InChI=1S/C28H30N2O2/c1-2-3-4-5-6-7-16-32-27-14-11-21(12-15-27)25-19-29-28(30-20-25)24-9-8-23-18-26(31)13-10-22(23)17-24/h8-15,17-20,31H,2-7,16H2,1H3. The summed E-state index contributed by atoms with van der Waals surface area (Å²) in [5.41, 5.74) is 2.99. The van der Waals surface area contributed by atoms with Gasteiger partial charge in [0.25, 0.3) is 0 Å². The van der Waals surface area contributed by atoms with Crippen LogP contribution in [0.5, 0.6) is 11.5 Å². The maximum Gasteiger partial charge on any atom is 0.159 e. The Balaban J connectivity index is 1.35. The van der Waals surface area contributed by atoms with E-state index in [4.69, 9.17) is 4.74 Å². The van der Waals surface area contributed by atoms with E-state index in [1.165, 1.54) is 32.1 Å². The highest BCUT2D eigenvalue weighted by atomic mass is 16.5. The van der Waals surface area contributed by atoms with Gasteiger partial charge in [0.1, 0.15) is 11.5 Å². The van der Waals surface area contributed by atoms with Gasteiger partial charge >= 0.3 is 0 Å². The average molecular weight is 427 g/mol. The van der Waals surface area contributed by atoms with E-state index >= 15 is 0 Å². The van der Waals surface area contributed by atoms with Crippen LogP contribution in [0.2, 0.25) is 0 Å². The van der Waals surface area contributed by atoms with Gasteiger partial charge in [0.2, 0.25) is 0 Å². The van der Waals surface area contributed by atoms with E-state index in [0.717, 1.165) is 46.2 Å². The van der Waals surface area contributed by atoms with Gasteiger partial charge in [0.15, 0.2) is 5.82 Å². The number of fused-ring (bicyclic) bond motifs is 1. The second-order valence-corrected chi connectivity index (χ2v) is 8.18. The van der Waals surface area contributed by atoms with Crippen molar-refractivity contribution in [3.8, 4) is 34.0 Å². The van der Waals surface area contributed by atoms with Crippen molar-refractivity contribution in [2.24, 2.45) is 0 Å². The fourth-order valence-corrected chi connectivity index (χ4v) is 3.81. The first kappa shape index (κ1) is 21.8. The van der Waals surface area contributed by atoms with Crippen molar-refractivity contribution in [3.63, 3.8) is 0 Å². The Morgan fingerprint density at radius 2 is 1.34 bits per heavy atom. The molecule has 32 heavy (non-hydrogen) atoms. The summed E-state index contributed by atoms with van der Waals surface area (Å²) in [5.74, 6) is 1.86. The Morgan fingerprint density at radius 1 is 0.688 bits per heavy atom. The van der Waals surface area contributed by atoms with Crippen LogP contribution in [0.25, 0.3) is 33.3 Å². The minimum absolute atomic E-state index is 0.268. The molecule has 3 aromatic carbocycles. The van der Waals surface area contributed by atoms with Gasteiger partial charge in [-0.25, -0.2) is 9.97 Å². The molecule has 4 aromatic rings. The van der Waals surface area contributed by atoms with Crippen LogP contribution in [0.3, 0.4) is 0 Å². The van der Waals surface area contributed by atoms with Crippen molar-refractivity contribution in [2.45, 2.75) is 45.4 Å². The van der Waals surface area contributed by atoms with E-state index in [1.807, 2.05) is 48.8 Å². The minimum atomic E-state index is 0.268. The Bertz CT molecular complexity index is 1140. The highest BCUT2D eigenvalue weighted by molar-refractivity contribution is 5.87. The summed E-state index contributed by atoms with van der Waals surface area (Å²) >= 11 is 0. The van der Waals surface area contributed by atoms with E-state index in [-0.39, 0.29) is 5.75 Å². The number of benzene rings is 3. The molecule has 0 saturated carbocycles. The van der Waals surface area contributed by atoms with Gasteiger partial charge in [-0.3, -0.25) is 0 Å². The summed E-state index contributed by atoms with van der Waals surface area (Å²) in [7, 11) is 0. The fraction of sp³-hybridized carbons (Fsp3) is 0.286. The second kappa shape index (κ2) is 10.8. The zero-order valence-corrected chi connectivity index (χ0v) is 18.6. The molecule has 164 valence electrons. The number of phenols is 1. The monoisotopic (exact) mass is 426 g/mol. The summed E-state index contributed by atoms with van der Waals surface area (Å²) < 4.78 is 5.88. The van der Waals surface area contributed by atoms with Gasteiger partial charge in [-0.2, -0.15) is 0 Å². The summed E-state index contributed by atoms with van der Waals surface area (Å²) in [6.45, 7) is 3.01. The maximum absolute atomic E-state index is 9.63. The Hall–Kier alpha value is -3.40. The second-order valence-electron chi connectivity index (χ2n) is 8.18. The topological polar surface area (TPSA) is 55.2 Å². The number of rotatable bonds is 10. The Kier molecular flexibility index (Phi) is 7.34. The van der Waals surface area contributed by atoms with Crippen LogP contribution >= 0.6 is 0 Å². The molecule has 0 bridgehead atoms. The lowest BCUT2D eigenvalue weighted by Crippen LogP contribution is -1.97. The van der Waals surface area contributed by atoms with Gasteiger partial charge in [-0.15, -0.1) is 0 Å². The van der Waals surface area contributed by atoms with E-state index in [1.54, 1.807) is 12.1 Å². The number of aromatic hydroxyl groups is 1. The van der Waals surface area contributed by atoms with Gasteiger partial charge in [-0.05, 0) is 53.1 Å². The van der Waals surface area contributed by atoms with E-state index in [0.29, 0.717) is 5.82 Å². The zero-order chi connectivity index (χ0) is 22.2. The van der Waals surface area contributed by atoms with Crippen LogP contribution in [0.15, 0.2) is 73.1 Å². The minimum Gasteiger partial charge on any atom is -0.508 e. The van der Waals surface area contributed by atoms with Crippen molar-refractivity contribution in [2.75, 3.05) is 6.61 Å². The molecule has 0 radical (unpaired) electrons. The smallest absolute Gasteiger partial charge is 0.159 e. The lowest BCUT2D eigenvalue weighted by atomic mass is 10.1. The molecule has 0 aliphatic heterocycles. The first-order valence-electron chi connectivity index (χ1n) is 11.5.